The lowest BCUT2D eigenvalue weighted by Gasteiger charge is -2.30. The van der Waals surface area contributed by atoms with E-state index in [9.17, 15) is 60.7 Å². The Balaban J connectivity index is 3.88. The lowest BCUT2D eigenvalue weighted by atomic mass is 9.75. The largest absolute Gasteiger partial charge is 0.487 e. The Kier molecular flexibility index (Phi) is 4.03. The fourth-order valence-electron chi connectivity index (χ4n) is 2.52. The van der Waals surface area contributed by atoms with Crippen LogP contribution in [0.25, 0.3) is 0 Å². The summed E-state index contributed by atoms with van der Waals surface area (Å²) < 4.78 is 0. The molecule has 1 rings (SSSR count). The molecule has 18 heteroatoms. The molecule has 0 atom stereocenters. The summed E-state index contributed by atoms with van der Waals surface area (Å²) in [5.74, 6) is 0. The molecule has 0 aromatic rings. The third-order valence-corrected chi connectivity index (χ3v) is 3.74. The van der Waals surface area contributed by atoms with Crippen molar-refractivity contribution in [2.45, 2.75) is 36.3 Å². The van der Waals surface area contributed by atoms with Crippen LogP contribution in [0, 0.1) is 60.7 Å². The number of hydrogen-bond donors (Lipinski definition) is 0. The Morgan fingerprint density at radius 3 is 0.625 bits per heavy atom. The van der Waals surface area contributed by atoms with E-state index in [1.165, 1.54) is 0 Å². The van der Waals surface area contributed by atoms with E-state index < -0.39 is 65.8 Å². The third-order valence-electron chi connectivity index (χ3n) is 3.74. The van der Waals surface area contributed by atoms with Gasteiger partial charge in [0, 0.05) is 0 Å². The molecule has 1 saturated carbocycles. The lowest BCUT2D eigenvalue weighted by molar-refractivity contribution is -0.902. The van der Waals surface area contributed by atoms with E-state index in [4.69, 9.17) is 0 Å². The van der Waals surface area contributed by atoms with Crippen LogP contribution in [0.2, 0.25) is 0 Å². The molecule has 0 unspecified atom stereocenters. The minimum absolute atomic E-state index is 1.82. The van der Waals surface area contributed by atoms with Crippen molar-refractivity contribution in [2.24, 2.45) is 0 Å². The molecule has 24 heavy (non-hydrogen) atoms. The van der Waals surface area contributed by atoms with Crippen molar-refractivity contribution in [2.75, 3.05) is 0 Å². The van der Waals surface area contributed by atoms with E-state index >= 15 is 0 Å². The monoisotopic (exact) mass is 354 g/mol. The highest BCUT2D eigenvalue weighted by atomic mass is 16.7. The quantitative estimate of drug-likeness (QED) is 0.313. The molecule has 0 aromatic heterocycles. The van der Waals surface area contributed by atoms with Gasteiger partial charge in [-0.05, 0) is 0 Å². The van der Waals surface area contributed by atoms with Crippen molar-refractivity contribution in [3.8, 4) is 0 Å². The van der Waals surface area contributed by atoms with E-state index in [0.29, 0.717) is 0 Å². The second-order valence-electron chi connectivity index (χ2n) is 5.02. The Morgan fingerprint density at radius 2 is 0.542 bits per heavy atom. The molecule has 132 valence electrons. The van der Waals surface area contributed by atoms with Gasteiger partial charge in [-0.15, -0.1) is 0 Å². The summed E-state index contributed by atoms with van der Waals surface area (Å²) >= 11 is 0. The van der Waals surface area contributed by atoms with Crippen LogP contribution in [0.15, 0.2) is 0 Å². The van der Waals surface area contributed by atoms with Gasteiger partial charge in [-0.3, -0.25) is 60.7 Å². The number of hydrogen-bond acceptors (Lipinski definition) is 12. The molecule has 0 saturated heterocycles. The van der Waals surface area contributed by atoms with Gasteiger partial charge in [-0.1, -0.05) is 0 Å². The fraction of sp³-hybridized carbons (Fsp3) is 1.00. The van der Waals surface area contributed by atoms with Crippen molar-refractivity contribution in [3.05, 3.63) is 60.7 Å². The van der Waals surface area contributed by atoms with Crippen LogP contribution < -0.4 is 0 Å². The van der Waals surface area contributed by atoms with Crippen LogP contribution >= 0.6 is 0 Å². The lowest BCUT2D eigenvalue weighted by Crippen LogP contribution is -2.71. The highest BCUT2D eigenvalue weighted by Gasteiger charge is 2.88. The first-order valence-corrected chi connectivity index (χ1v) is 5.65. The van der Waals surface area contributed by atoms with Gasteiger partial charge in [0.15, 0.2) is 0 Å². The Morgan fingerprint density at radius 1 is 0.417 bits per heavy atom. The smallest absolute Gasteiger partial charge is 0.258 e. The standard InChI is InChI=1S/C6H6N6O12/c13-7(14)4(8(15)16)1-5(9(17)18,10(19)20)3-6(2-4,11(21)22)12(23)24/h1-3H2. The topological polar surface area (TPSA) is 259 Å². The molecule has 0 bridgehead atoms. The predicted octanol–water partition coefficient (Wildman–Crippen LogP) is -1.08. The van der Waals surface area contributed by atoms with Crippen LogP contribution in [0.4, 0.5) is 0 Å². The Labute approximate surface area is 127 Å². The molecule has 0 aliphatic heterocycles. The fourth-order valence-corrected chi connectivity index (χ4v) is 2.52. The van der Waals surface area contributed by atoms with E-state index in [-0.39, 0.29) is 0 Å². The zero-order valence-corrected chi connectivity index (χ0v) is 11.2. The molecular formula is C6H6N6O12. The highest BCUT2D eigenvalue weighted by molar-refractivity contribution is 4.93. The summed E-state index contributed by atoms with van der Waals surface area (Å²) in [4.78, 5) is 55.4. The summed E-state index contributed by atoms with van der Waals surface area (Å²) in [5.41, 5.74) is -11.5. The van der Waals surface area contributed by atoms with E-state index in [1.807, 2.05) is 0 Å². The third kappa shape index (κ3) is 2.19. The summed E-state index contributed by atoms with van der Waals surface area (Å²) in [6.45, 7) is 0. The number of nitrogens with zero attached hydrogens (tertiary/aromatic N) is 6. The summed E-state index contributed by atoms with van der Waals surface area (Å²) in [7, 11) is 0. The van der Waals surface area contributed by atoms with Crippen molar-refractivity contribution in [1.82, 2.24) is 0 Å². The molecule has 1 aliphatic carbocycles. The summed E-state index contributed by atoms with van der Waals surface area (Å²) in [5, 5.41) is 66.3. The van der Waals surface area contributed by atoms with Crippen LogP contribution in [0.1, 0.15) is 19.3 Å². The zero-order valence-electron chi connectivity index (χ0n) is 11.2. The molecule has 18 nitrogen and oxygen atoms in total. The first-order valence-electron chi connectivity index (χ1n) is 5.65. The molecule has 0 aromatic carbocycles. The molecule has 0 radical (unpaired) electrons. The van der Waals surface area contributed by atoms with E-state index in [0.717, 1.165) is 0 Å². The maximum absolute atomic E-state index is 11.1. The first-order chi connectivity index (χ1) is 10.8. The maximum atomic E-state index is 11.1. The van der Waals surface area contributed by atoms with Crippen molar-refractivity contribution >= 4 is 0 Å². The molecule has 0 spiro atoms. The van der Waals surface area contributed by atoms with Crippen molar-refractivity contribution in [1.29, 1.82) is 0 Å². The SMILES string of the molecule is O=[N+]([O-])C1([N+](=O)[O-])CC([N+](=O)[O-])([N+](=O)[O-])CC([N+](=O)[O-])([N+](=O)[O-])C1. The van der Waals surface area contributed by atoms with Gasteiger partial charge in [0.2, 0.25) is 19.3 Å². The van der Waals surface area contributed by atoms with Gasteiger partial charge in [-0.2, -0.15) is 0 Å². The van der Waals surface area contributed by atoms with Gasteiger partial charge in [0.1, 0.15) is 0 Å². The maximum Gasteiger partial charge on any atom is 0.487 e. The molecular weight excluding hydrogens is 348 g/mol. The van der Waals surface area contributed by atoms with E-state index in [2.05, 4.69) is 0 Å². The van der Waals surface area contributed by atoms with Crippen LogP contribution in [-0.4, -0.2) is 46.5 Å². The Hall–Kier alpha value is -3.60. The predicted molar refractivity (Wildman–Crippen MR) is 64.0 cm³/mol. The zero-order chi connectivity index (χ0) is 19.1. The average Bonchev–Trinajstić information content (AvgIpc) is 2.44. The minimum atomic E-state index is -3.85. The average molecular weight is 354 g/mol. The highest BCUT2D eigenvalue weighted by Crippen LogP contribution is 2.46. The van der Waals surface area contributed by atoms with Crippen molar-refractivity contribution < 1.29 is 29.5 Å². The van der Waals surface area contributed by atoms with Crippen LogP contribution in [-0.2, 0) is 0 Å². The molecule has 1 fully saturated rings. The van der Waals surface area contributed by atoms with Crippen LogP contribution in [0.5, 0.6) is 0 Å². The molecule has 1 aliphatic rings. The minimum Gasteiger partial charge on any atom is -0.258 e. The summed E-state index contributed by atoms with van der Waals surface area (Å²) in [6, 6.07) is 0. The van der Waals surface area contributed by atoms with Crippen LogP contribution in [0.3, 0.4) is 0 Å². The molecule has 0 N–H and O–H groups in total. The van der Waals surface area contributed by atoms with Gasteiger partial charge in [0.05, 0.1) is 29.5 Å². The number of rotatable bonds is 6. The molecule has 0 amide bonds. The number of nitro groups is 6. The summed E-state index contributed by atoms with van der Waals surface area (Å²) in [6.07, 6.45) is -5.95. The molecule has 0 heterocycles. The first kappa shape index (κ1) is 18.4. The van der Waals surface area contributed by atoms with Crippen molar-refractivity contribution in [3.63, 3.8) is 0 Å². The second-order valence-corrected chi connectivity index (χ2v) is 5.02. The van der Waals surface area contributed by atoms with Gasteiger partial charge < -0.3 is 0 Å². The van der Waals surface area contributed by atoms with E-state index in [1.54, 1.807) is 0 Å². The van der Waals surface area contributed by atoms with Gasteiger partial charge >= 0.3 is 17.0 Å². The van der Waals surface area contributed by atoms with Gasteiger partial charge in [-0.25, -0.2) is 0 Å². The Bertz CT molecular complexity index is 527. The van der Waals surface area contributed by atoms with Gasteiger partial charge in [0.25, 0.3) is 0 Å². The second kappa shape index (κ2) is 5.24. The normalized spacial score (nSPS) is 20.5.